The van der Waals surface area contributed by atoms with E-state index in [0.29, 0.717) is 18.4 Å². The van der Waals surface area contributed by atoms with Gasteiger partial charge in [-0.1, -0.05) is 6.92 Å². The Kier molecular flexibility index (Phi) is 8.99. The summed E-state index contributed by atoms with van der Waals surface area (Å²) in [5, 5.41) is 3.38. The highest BCUT2D eigenvalue weighted by atomic mass is 16.1. The molecular formula is C17H35N5O. The predicted molar refractivity (Wildman–Crippen MR) is 96.5 cm³/mol. The van der Waals surface area contributed by atoms with E-state index in [4.69, 9.17) is 10.7 Å². The van der Waals surface area contributed by atoms with Gasteiger partial charge >= 0.3 is 0 Å². The van der Waals surface area contributed by atoms with Crippen LogP contribution in [0.1, 0.15) is 46.5 Å². The molecule has 1 saturated heterocycles. The van der Waals surface area contributed by atoms with Crippen LogP contribution in [0.5, 0.6) is 0 Å². The topological polar surface area (TPSA) is 74.0 Å². The third-order valence-electron chi connectivity index (χ3n) is 4.70. The molecule has 0 spiro atoms. The van der Waals surface area contributed by atoms with Crippen molar-refractivity contribution in [3.05, 3.63) is 0 Å². The van der Waals surface area contributed by atoms with Crippen LogP contribution in [0, 0.1) is 5.92 Å². The fourth-order valence-corrected chi connectivity index (χ4v) is 2.98. The van der Waals surface area contributed by atoms with Gasteiger partial charge in [-0.25, -0.2) is 0 Å². The normalized spacial score (nSPS) is 20.7. The zero-order valence-corrected chi connectivity index (χ0v) is 15.3. The van der Waals surface area contributed by atoms with E-state index < -0.39 is 0 Å². The van der Waals surface area contributed by atoms with Gasteiger partial charge in [0.15, 0.2) is 5.96 Å². The fraction of sp³-hybridized carbons (Fsp3) is 0.882. The first kappa shape index (κ1) is 19.7. The van der Waals surface area contributed by atoms with Crippen LogP contribution in [-0.4, -0.2) is 67.5 Å². The summed E-state index contributed by atoms with van der Waals surface area (Å²) >= 11 is 0. The molecule has 1 heterocycles. The Labute approximate surface area is 141 Å². The number of hydrogen-bond donors (Lipinski definition) is 2. The van der Waals surface area contributed by atoms with E-state index in [9.17, 15) is 4.79 Å². The first-order valence-electron chi connectivity index (χ1n) is 8.99. The number of carbonyl (C=O) groups excluding carboxylic acids is 1. The van der Waals surface area contributed by atoms with E-state index in [1.807, 2.05) is 0 Å². The number of nitrogens with two attached hydrogens (primary N) is 1. The first-order chi connectivity index (χ1) is 11.0. The highest BCUT2D eigenvalue weighted by Gasteiger charge is 2.23. The molecule has 1 fully saturated rings. The molecule has 2 atom stereocenters. The minimum Gasteiger partial charge on any atom is -0.370 e. The van der Waals surface area contributed by atoms with E-state index in [0.717, 1.165) is 57.9 Å². The fourth-order valence-electron chi connectivity index (χ4n) is 2.98. The van der Waals surface area contributed by atoms with Crippen LogP contribution < -0.4 is 11.1 Å². The Morgan fingerprint density at radius 1 is 1.48 bits per heavy atom. The Hall–Kier alpha value is -1.30. The van der Waals surface area contributed by atoms with Crippen molar-refractivity contribution < 1.29 is 4.79 Å². The van der Waals surface area contributed by atoms with Crippen molar-refractivity contribution in [2.24, 2.45) is 16.6 Å². The molecule has 3 N–H and O–H groups in total. The molecule has 0 saturated carbocycles. The monoisotopic (exact) mass is 325 g/mol. The lowest BCUT2D eigenvalue weighted by molar-refractivity contribution is -0.119. The van der Waals surface area contributed by atoms with Crippen molar-refractivity contribution in [2.45, 2.75) is 52.5 Å². The molecule has 1 rings (SSSR count). The molecule has 0 aromatic heterocycles. The standard InChI is InChI=1S/C17H35N5O/c1-5-14(3)21(4)11-9-20-17(19-6-2)22-10-7-8-15(13-22)12-16(18)23/h14-15H,5-13H2,1-4H3,(H2,18,23)(H,19,20). The maximum atomic E-state index is 11.2. The molecule has 6 heteroatoms. The van der Waals surface area contributed by atoms with Crippen molar-refractivity contribution in [1.29, 1.82) is 0 Å². The number of primary amides is 1. The van der Waals surface area contributed by atoms with Gasteiger partial charge in [-0.3, -0.25) is 9.79 Å². The SMILES string of the molecule is CCNC(=NCCN(C)C(C)CC)N1CCCC(CC(N)=O)C1. The molecule has 1 aliphatic heterocycles. The summed E-state index contributed by atoms with van der Waals surface area (Å²) in [5.41, 5.74) is 5.35. The minimum absolute atomic E-state index is 0.200. The van der Waals surface area contributed by atoms with Crippen LogP contribution in [-0.2, 0) is 4.79 Å². The van der Waals surface area contributed by atoms with Gasteiger partial charge < -0.3 is 20.9 Å². The Morgan fingerprint density at radius 2 is 2.22 bits per heavy atom. The van der Waals surface area contributed by atoms with Gasteiger partial charge in [-0.05, 0) is 46.1 Å². The summed E-state index contributed by atoms with van der Waals surface area (Å²) < 4.78 is 0. The van der Waals surface area contributed by atoms with Gasteiger partial charge in [0.25, 0.3) is 0 Å². The minimum atomic E-state index is -0.200. The van der Waals surface area contributed by atoms with Crippen LogP contribution in [0.3, 0.4) is 0 Å². The number of amides is 1. The smallest absolute Gasteiger partial charge is 0.217 e. The molecule has 23 heavy (non-hydrogen) atoms. The molecule has 0 radical (unpaired) electrons. The molecule has 1 aliphatic rings. The van der Waals surface area contributed by atoms with E-state index in [1.54, 1.807) is 0 Å². The van der Waals surface area contributed by atoms with E-state index in [1.165, 1.54) is 0 Å². The van der Waals surface area contributed by atoms with Crippen LogP contribution in [0.2, 0.25) is 0 Å². The number of hydrogen-bond acceptors (Lipinski definition) is 3. The molecule has 0 aromatic carbocycles. The number of guanidine groups is 1. The van der Waals surface area contributed by atoms with Gasteiger partial charge in [0.05, 0.1) is 6.54 Å². The van der Waals surface area contributed by atoms with Gasteiger partial charge in [0, 0.05) is 38.6 Å². The molecular weight excluding hydrogens is 290 g/mol. The molecule has 134 valence electrons. The van der Waals surface area contributed by atoms with Gasteiger partial charge in [0.2, 0.25) is 5.91 Å². The van der Waals surface area contributed by atoms with Crippen molar-refractivity contribution in [3.8, 4) is 0 Å². The van der Waals surface area contributed by atoms with Gasteiger partial charge in [-0.2, -0.15) is 0 Å². The molecule has 0 aliphatic carbocycles. The van der Waals surface area contributed by atoms with E-state index >= 15 is 0 Å². The highest BCUT2D eigenvalue weighted by Crippen LogP contribution is 2.19. The van der Waals surface area contributed by atoms with Crippen molar-refractivity contribution in [1.82, 2.24) is 15.1 Å². The number of piperidine rings is 1. The van der Waals surface area contributed by atoms with Gasteiger partial charge in [-0.15, -0.1) is 0 Å². The second kappa shape index (κ2) is 10.5. The number of nitrogens with zero attached hydrogens (tertiary/aromatic N) is 3. The average molecular weight is 326 g/mol. The zero-order valence-electron chi connectivity index (χ0n) is 15.3. The summed E-state index contributed by atoms with van der Waals surface area (Å²) in [7, 11) is 2.15. The Bertz CT molecular complexity index is 385. The number of carbonyl (C=O) groups is 1. The quantitative estimate of drug-likeness (QED) is 0.521. The number of likely N-dealkylation sites (N-methyl/N-ethyl adjacent to an activating group) is 1. The molecule has 6 nitrogen and oxygen atoms in total. The van der Waals surface area contributed by atoms with Crippen LogP contribution in [0.4, 0.5) is 0 Å². The molecule has 1 amide bonds. The third kappa shape index (κ3) is 7.20. The summed E-state index contributed by atoms with van der Waals surface area (Å²) in [5.74, 6) is 1.13. The number of aliphatic imine (C=N–C) groups is 1. The lowest BCUT2D eigenvalue weighted by Gasteiger charge is -2.34. The number of rotatable bonds is 8. The summed E-state index contributed by atoms with van der Waals surface area (Å²) in [6.45, 7) is 11.0. The highest BCUT2D eigenvalue weighted by molar-refractivity contribution is 5.80. The second-order valence-corrected chi connectivity index (χ2v) is 6.60. The maximum Gasteiger partial charge on any atom is 0.217 e. The molecule has 0 aromatic rings. The number of nitrogens with one attached hydrogen (secondary N) is 1. The van der Waals surface area contributed by atoms with Crippen molar-refractivity contribution in [3.63, 3.8) is 0 Å². The average Bonchev–Trinajstić information content (AvgIpc) is 2.52. The maximum absolute atomic E-state index is 11.2. The molecule has 0 bridgehead atoms. The van der Waals surface area contributed by atoms with E-state index in [2.05, 4.69) is 42.9 Å². The Balaban J connectivity index is 2.58. The first-order valence-corrected chi connectivity index (χ1v) is 8.99. The lowest BCUT2D eigenvalue weighted by Crippen LogP contribution is -2.47. The molecule has 2 unspecified atom stereocenters. The van der Waals surface area contributed by atoms with Crippen molar-refractivity contribution >= 4 is 11.9 Å². The van der Waals surface area contributed by atoms with E-state index in [-0.39, 0.29) is 5.91 Å². The zero-order chi connectivity index (χ0) is 17.2. The van der Waals surface area contributed by atoms with Crippen molar-refractivity contribution in [2.75, 3.05) is 39.8 Å². The van der Waals surface area contributed by atoms with Gasteiger partial charge in [0.1, 0.15) is 0 Å². The Morgan fingerprint density at radius 3 is 2.83 bits per heavy atom. The number of likely N-dealkylation sites (tertiary alicyclic amines) is 1. The summed E-state index contributed by atoms with van der Waals surface area (Å²) in [6.07, 6.45) is 3.80. The summed E-state index contributed by atoms with van der Waals surface area (Å²) in [6, 6.07) is 0.586. The second-order valence-electron chi connectivity index (χ2n) is 6.60. The predicted octanol–water partition coefficient (Wildman–Crippen LogP) is 1.27. The third-order valence-corrected chi connectivity index (χ3v) is 4.70. The summed E-state index contributed by atoms with van der Waals surface area (Å²) in [4.78, 5) is 20.6. The van der Waals surface area contributed by atoms with Crippen LogP contribution >= 0.6 is 0 Å². The van der Waals surface area contributed by atoms with Crippen LogP contribution in [0.15, 0.2) is 4.99 Å². The van der Waals surface area contributed by atoms with Crippen LogP contribution in [0.25, 0.3) is 0 Å². The largest absolute Gasteiger partial charge is 0.370 e. The lowest BCUT2D eigenvalue weighted by atomic mass is 9.95.